The summed E-state index contributed by atoms with van der Waals surface area (Å²) in [6.07, 6.45) is 3.62. The van der Waals surface area contributed by atoms with E-state index in [2.05, 4.69) is 5.32 Å². The summed E-state index contributed by atoms with van der Waals surface area (Å²) in [4.78, 5) is 25.0. The maximum absolute atomic E-state index is 12.2. The molecule has 2 N–H and O–H groups in total. The highest BCUT2D eigenvalue weighted by molar-refractivity contribution is 8.00. The fourth-order valence-electron chi connectivity index (χ4n) is 2.84. The molecule has 2 unspecified atom stereocenters. The number of nitrogens with one attached hydrogen (secondary N) is 1. The lowest BCUT2D eigenvalue weighted by atomic mass is 9.93. The van der Waals surface area contributed by atoms with Gasteiger partial charge in [0.2, 0.25) is 5.91 Å². The first-order valence-electron chi connectivity index (χ1n) is 6.96. The van der Waals surface area contributed by atoms with Gasteiger partial charge < -0.3 is 15.3 Å². The number of carboxylic acid groups (broad SMARTS) is 1. The summed E-state index contributed by atoms with van der Waals surface area (Å²) in [7, 11) is 0. The first-order chi connectivity index (χ1) is 9.09. The molecule has 0 aliphatic carbocycles. The fourth-order valence-corrected chi connectivity index (χ4v) is 4.03. The largest absolute Gasteiger partial charge is 0.480 e. The number of aliphatic carboxylic acids is 1. The summed E-state index contributed by atoms with van der Waals surface area (Å²) < 4.78 is 0. The van der Waals surface area contributed by atoms with Crippen LogP contribution in [0, 0.1) is 5.92 Å². The van der Waals surface area contributed by atoms with E-state index in [9.17, 15) is 9.59 Å². The average molecular weight is 286 g/mol. The summed E-state index contributed by atoms with van der Waals surface area (Å²) in [5, 5.41) is 12.4. The van der Waals surface area contributed by atoms with Crippen molar-refractivity contribution in [2.24, 2.45) is 5.92 Å². The molecule has 2 aliphatic heterocycles. The van der Waals surface area contributed by atoms with E-state index in [1.165, 1.54) is 0 Å². The van der Waals surface area contributed by atoms with Gasteiger partial charge in [0.1, 0.15) is 6.04 Å². The predicted octanol–water partition coefficient (Wildman–Crippen LogP) is 1.14. The van der Waals surface area contributed by atoms with Gasteiger partial charge in [0.25, 0.3) is 0 Å². The summed E-state index contributed by atoms with van der Waals surface area (Å²) in [6.45, 7) is 3.98. The molecule has 0 spiro atoms. The van der Waals surface area contributed by atoms with Gasteiger partial charge >= 0.3 is 5.97 Å². The van der Waals surface area contributed by atoms with Crippen molar-refractivity contribution in [3.8, 4) is 0 Å². The minimum atomic E-state index is -0.882. The van der Waals surface area contributed by atoms with Crippen molar-refractivity contribution in [2.45, 2.75) is 44.0 Å². The minimum absolute atomic E-state index is 0.00318. The number of hydrogen-bond donors (Lipinski definition) is 2. The van der Waals surface area contributed by atoms with Gasteiger partial charge in [0, 0.05) is 12.2 Å². The third-order valence-electron chi connectivity index (χ3n) is 4.02. The molecule has 2 heterocycles. The number of carbonyl (C=O) groups excluding carboxylic acids is 1. The Labute approximate surface area is 118 Å². The van der Waals surface area contributed by atoms with E-state index in [1.807, 2.05) is 6.92 Å². The number of piperidine rings is 1. The van der Waals surface area contributed by atoms with E-state index < -0.39 is 12.0 Å². The first kappa shape index (κ1) is 14.7. The first-order valence-corrected chi connectivity index (χ1v) is 8.00. The molecule has 19 heavy (non-hydrogen) atoms. The smallest absolute Gasteiger partial charge is 0.327 e. The van der Waals surface area contributed by atoms with E-state index in [-0.39, 0.29) is 11.3 Å². The number of amides is 1. The molecule has 0 saturated carbocycles. The highest BCUT2D eigenvalue weighted by atomic mass is 32.2. The van der Waals surface area contributed by atoms with E-state index in [4.69, 9.17) is 5.11 Å². The van der Waals surface area contributed by atoms with Crippen molar-refractivity contribution >= 4 is 23.6 Å². The Balaban J connectivity index is 1.85. The fraction of sp³-hybridized carbons (Fsp3) is 0.846. The van der Waals surface area contributed by atoms with E-state index in [0.717, 1.165) is 32.4 Å². The predicted molar refractivity (Wildman–Crippen MR) is 75.0 cm³/mol. The topological polar surface area (TPSA) is 69.6 Å². The van der Waals surface area contributed by atoms with E-state index >= 15 is 0 Å². The molecule has 2 atom stereocenters. The molecular formula is C13H22N2O3S. The van der Waals surface area contributed by atoms with Crippen LogP contribution in [0.1, 0.15) is 32.6 Å². The number of rotatable bonds is 4. The molecule has 6 heteroatoms. The monoisotopic (exact) mass is 286 g/mol. The second kappa shape index (κ2) is 6.61. The molecule has 2 rings (SSSR count). The molecule has 2 fully saturated rings. The molecule has 0 aromatic heterocycles. The van der Waals surface area contributed by atoms with Crippen LogP contribution >= 0.6 is 11.8 Å². The lowest BCUT2D eigenvalue weighted by Crippen LogP contribution is -2.44. The molecule has 0 aromatic carbocycles. The molecule has 1 amide bonds. The normalized spacial score (nSPS) is 28.6. The number of carboxylic acids is 1. The molecule has 2 aliphatic rings. The number of nitrogens with zero attached hydrogens (tertiary/aromatic N) is 1. The number of hydrogen-bond acceptors (Lipinski definition) is 4. The zero-order chi connectivity index (χ0) is 13.8. The second-order valence-corrected chi connectivity index (χ2v) is 6.67. The van der Waals surface area contributed by atoms with Crippen molar-refractivity contribution in [2.75, 3.05) is 18.8 Å². The molecule has 0 bridgehead atoms. The van der Waals surface area contributed by atoms with Crippen molar-refractivity contribution in [1.82, 2.24) is 10.2 Å². The Morgan fingerprint density at radius 1 is 1.37 bits per heavy atom. The van der Waals surface area contributed by atoms with Crippen LogP contribution in [-0.2, 0) is 9.59 Å². The Morgan fingerprint density at radius 2 is 2.05 bits per heavy atom. The standard InChI is InChI=1S/C13H22N2O3S/c1-9-15(11(8-19-9)13(17)18)12(16)3-2-10-4-6-14-7-5-10/h9-11,14H,2-8H2,1H3,(H,17,18). The maximum atomic E-state index is 12.2. The van der Waals surface area contributed by atoms with Crippen LogP contribution < -0.4 is 5.32 Å². The van der Waals surface area contributed by atoms with Gasteiger partial charge in [-0.25, -0.2) is 4.79 Å². The van der Waals surface area contributed by atoms with Crippen LogP contribution in [0.4, 0.5) is 0 Å². The zero-order valence-electron chi connectivity index (χ0n) is 11.3. The lowest BCUT2D eigenvalue weighted by Gasteiger charge is -2.27. The van der Waals surface area contributed by atoms with Gasteiger partial charge in [-0.2, -0.15) is 0 Å². The quantitative estimate of drug-likeness (QED) is 0.811. The molecule has 108 valence electrons. The molecule has 0 radical (unpaired) electrons. The van der Waals surface area contributed by atoms with Crippen LogP contribution in [0.3, 0.4) is 0 Å². The minimum Gasteiger partial charge on any atom is -0.480 e. The van der Waals surface area contributed by atoms with Crippen LogP contribution in [0.2, 0.25) is 0 Å². The zero-order valence-corrected chi connectivity index (χ0v) is 12.1. The van der Waals surface area contributed by atoms with Gasteiger partial charge in [-0.3, -0.25) is 4.79 Å². The van der Waals surface area contributed by atoms with Crippen molar-refractivity contribution in [3.63, 3.8) is 0 Å². The third-order valence-corrected chi connectivity index (χ3v) is 5.24. The summed E-state index contributed by atoms with van der Waals surface area (Å²) >= 11 is 1.55. The Hall–Kier alpha value is -0.750. The summed E-state index contributed by atoms with van der Waals surface area (Å²) in [6, 6.07) is -0.638. The van der Waals surface area contributed by atoms with Crippen LogP contribution in [-0.4, -0.2) is 52.1 Å². The SMILES string of the molecule is CC1SCC(C(=O)O)N1C(=O)CCC1CCNCC1. The number of thioether (sulfide) groups is 1. The highest BCUT2D eigenvalue weighted by Crippen LogP contribution is 2.30. The van der Waals surface area contributed by atoms with Gasteiger partial charge in [-0.05, 0) is 45.2 Å². The van der Waals surface area contributed by atoms with Crippen LogP contribution in [0.15, 0.2) is 0 Å². The van der Waals surface area contributed by atoms with Crippen molar-refractivity contribution < 1.29 is 14.7 Å². The Morgan fingerprint density at radius 3 is 2.68 bits per heavy atom. The van der Waals surface area contributed by atoms with Gasteiger partial charge in [0.15, 0.2) is 0 Å². The van der Waals surface area contributed by atoms with E-state index in [1.54, 1.807) is 16.7 Å². The summed E-state index contributed by atoms with van der Waals surface area (Å²) in [5.74, 6) is 0.241. The van der Waals surface area contributed by atoms with Crippen molar-refractivity contribution in [1.29, 1.82) is 0 Å². The maximum Gasteiger partial charge on any atom is 0.327 e. The third kappa shape index (κ3) is 3.63. The van der Waals surface area contributed by atoms with Gasteiger partial charge in [-0.1, -0.05) is 0 Å². The Kier molecular flexibility index (Phi) is 5.10. The highest BCUT2D eigenvalue weighted by Gasteiger charge is 2.39. The summed E-state index contributed by atoms with van der Waals surface area (Å²) in [5.41, 5.74) is 0. The lowest BCUT2D eigenvalue weighted by molar-refractivity contribution is -0.149. The molecule has 2 saturated heterocycles. The number of carbonyl (C=O) groups is 2. The van der Waals surface area contributed by atoms with Crippen molar-refractivity contribution in [3.05, 3.63) is 0 Å². The molecular weight excluding hydrogens is 264 g/mol. The van der Waals surface area contributed by atoms with Crippen LogP contribution in [0.5, 0.6) is 0 Å². The molecule has 5 nitrogen and oxygen atoms in total. The van der Waals surface area contributed by atoms with E-state index in [0.29, 0.717) is 18.1 Å². The Bertz CT molecular complexity index is 345. The van der Waals surface area contributed by atoms with Gasteiger partial charge in [0.05, 0.1) is 5.37 Å². The average Bonchev–Trinajstić information content (AvgIpc) is 2.79. The second-order valence-electron chi connectivity index (χ2n) is 5.32. The van der Waals surface area contributed by atoms with Crippen LogP contribution in [0.25, 0.3) is 0 Å². The van der Waals surface area contributed by atoms with Gasteiger partial charge in [-0.15, -0.1) is 11.8 Å². The molecule has 0 aromatic rings.